The van der Waals surface area contributed by atoms with Gasteiger partial charge < -0.3 is 5.73 Å². The Morgan fingerprint density at radius 3 is 2.21 bits per heavy atom. The number of rotatable bonds is 5. The lowest BCUT2D eigenvalue weighted by Gasteiger charge is -2.30. The molecule has 0 bridgehead atoms. The first-order valence-corrected chi connectivity index (χ1v) is 7.11. The van der Waals surface area contributed by atoms with Gasteiger partial charge >= 0.3 is 0 Å². The van der Waals surface area contributed by atoms with Gasteiger partial charge in [-0.25, -0.2) is 0 Å². The first kappa shape index (κ1) is 14.1. The molecule has 0 aliphatic heterocycles. The summed E-state index contributed by atoms with van der Waals surface area (Å²) in [5, 5.41) is 0.765. The van der Waals surface area contributed by atoms with Gasteiger partial charge in [0.25, 0.3) is 0 Å². The van der Waals surface area contributed by atoms with E-state index in [1.54, 1.807) is 0 Å². The Hall–Kier alpha value is -1.31. The molecule has 0 saturated carbocycles. The summed E-state index contributed by atoms with van der Waals surface area (Å²) in [6.07, 6.45) is 2.88. The van der Waals surface area contributed by atoms with Crippen molar-refractivity contribution in [3.63, 3.8) is 0 Å². The largest absolute Gasteiger partial charge is 0.321 e. The van der Waals surface area contributed by atoms with E-state index in [9.17, 15) is 0 Å². The first-order valence-electron chi connectivity index (χ1n) is 6.73. The lowest BCUT2D eigenvalue weighted by atomic mass is 9.81. The average molecular weight is 274 g/mol. The Morgan fingerprint density at radius 1 is 1.00 bits per heavy atom. The zero-order valence-corrected chi connectivity index (χ0v) is 12.0. The van der Waals surface area contributed by atoms with E-state index in [0.717, 1.165) is 24.3 Å². The second-order valence-electron chi connectivity index (χ2n) is 5.08. The van der Waals surface area contributed by atoms with E-state index < -0.39 is 0 Å². The molecule has 1 atom stereocenters. The molecule has 1 unspecified atom stereocenters. The van der Waals surface area contributed by atoms with Crippen LogP contribution in [0.25, 0.3) is 0 Å². The molecule has 19 heavy (non-hydrogen) atoms. The van der Waals surface area contributed by atoms with Crippen LogP contribution in [0.3, 0.4) is 0 Å². The van der Waals surface area contributed by atoms with Crippen LogP contribution < -0.4 is 5.73 Å². The second-order valence-corrected chi connectivity index (χ2v) is 5.51. The van der Waals surface area contributed by atoms with Crippen LogP contribution in [0.15, 0.2) is 54.6 Å². The molecule has 0 spiro atoms. The highest BCUT2D eigenvalue weighted by Gasteiger charge is 2.26. The molecule has 0 radical (unpaired) electrons. The summed E-state index contributed by atoms with van der Waals surface area (Å²) in [5.41, 5.74) is 8.79. The molecule has 2 aromatic rings. The van der Waals surface area contributed by atoms with Crippen molar-refractivity contribution >= 4 is 11.6 Å². The highest BCUT2D eigenvalue weighted by atomic mass is 35.5. The van der Waals surface area contributed by atoms with Crippen LogP contribution in [-0.2, 0) is 12.0 Å². The topological polar surface area (TPSA) is 26.0 Å². The van der Waals surface area contributed by atoms with Gasteiger partial charge in [0, 0.05) is 10.6 Å². The molecule has 0 aromatic heterocycles. The summed E-state index contributed by atoms with van der Waals surface area (Å²) in [4.78, 5) is 0. The van der Waals surface area contributed by atoms with E-state index in [2.05, 4.69) is 43.3 Å². The maximum Gasteiger partial charge on any atom is 0.0450 e. The van der Waals surface area contributed by atoms with Gasteiger partial charge in [0.2, 0.25) is 0 Å². The average Bonchev–Trinajstić information content (AvgIpc) is 2.43. The van der Waals surface area contributed by atoms with Crippen molar-refractivity contribution in [3.8, 4) is 0 Å². The summed E-state index contributed by atoms with van der Waals surface area (Å²) in [7, 11) is 0. The predicted octanol–water partition coefficient (Wildman–Crippen LogP) is 4.54. The van der Waals surface area contributed by atoms with Crippen LogP contribution in [0.4, 0.5) is 0 Å². The lowest BCUT2D eigenvalue weighted by molar-refractivity contribution is 0.401. The Morgan fingerprint density at radius 2 is 1.63 bits per heavy atom. The van der Waals surface area contributed by atoms with Crippen molar-refractivity contribution < 1.29 is 0 Å². The molecule has 2 N–H and O–H groups in total. The number of hydrogen-bond donors (Lipinski definition) is 1. The number of hydrogen-bond acceptors (Lipinski definition) is 1. The van der Waals surface area contributed by atoms with E-state index in [1.807, 2.05) is 18.2 Å². The van der Waals surface area contributed by atoms with Crippen molar-refractivity contribution in [2.45, 2.75) is 31.7 Å². The van der Waals surface area contributed by atoms with Gasteiger partial charge in [-0.05, 0) is 36.1 Å². The van der Waals surface area contributed by atoms with Crippen molar-refractivity contribution in [1.82, 2.24) is 0 Å². The van der Waals surface area contributed by atoms with Crippen molar-refractivity contribution in [3.05, 3.63) is 70.7 Å². The maximum atomic E-state index is 6.67. The Kier molecular flexibility index (Phi) is 4.62. The fourth-order valence-electron chi connectivity index (χ4n) is 2.52. The molecule has 2 aromatic carbocycles. The minimum absolute atomic E-state index is 0.302. The lowest BCUT2D eigenvalue weighted by Crippen LogP contribution is -2.38. The van der Waals surface area contributed by atoms with Gasteiger partial charge in [-0.3, -0.25) is 0 Å². The molecule has 0 aliphatic rings. The first-order chi connectivity index (χ1) is 9.14. The minimum Gasteiger partial charge on any atom is -0.321 e. The second kappa shape index (κ2) is 6.23. The molecular weight excluding hydrogens is 254 g/mol. The molecule has 0 heterocycles. The van der Waals surface area contributed by atoms with Crippen molar-refractivity contribution in [2.75, 3.05) is 0 Å². The molecule has 0 fully saturated rings. The van der Waals surface area contributed by atoms with E-state index in [0.29, 0.717) is 0 Å². The molecular formula is C17H20ClN. The monoisotopic (exact) mass is 273 g/mol. The van der Waals surface area contributed by atoms with Crippen LogP contribution in [0, 0.1) is 0 Å². The third-order valence-corrected chi connectivity index (χ3v) is 3.73. The smallest absolute Gasteiger partial charge is 0.0450 e. The molecule has 0 amide bonds. The quantitative estimate of drug-likeness (QED) is 0.851. The van der Waals surface area contributed by atoms with Crippen LogP contribution in [0.2, 0.25) is 5.02 Å². The Balaban J connectivity index is 2.27. The van der Waals surface area contributed by atoms with E-state index >= 15 is 0 Å². The standard InChI is InChI=1S/C17H20ClN/c1-2-12-17(19,15-6-4-3-5-7-15)13-14-8-10-16(18)11-9-14/h3-11H,2,12-13,19H2,1H3. The maximum absolute atomic E-state index is 6.67. The molecule has 0 saturated heterocycles. The van der Waals surface area contributed by atoms with Gasteiger partial charge in [-0.1, -0.05) is 67.4 Å². The number of halogens is 1. The summed E-state index contributed by atoms with van der Waals surface area (Å²) in [5.74, 6) is 0. The van der Waals surface area contributed by atoms with Gasteiger partial charge in [0.1, 0.15) is 0 Å². The van der Waals surface area contributed by atoms with E-state index in [-0.39, 0.29) is 5.54 Å². The minimum atomic E-state index is -0.302. The zero-order valence-electron chi connectivity index (χ0n) is 11.3. The molecule has 0 aliphatic carbocycles. The molecule has 2 heteroatoms. The van der Waals surface area contributed by atoms with E-state index in [1.165, 1.54) is 11.1 Å². The molecule has 2 rings (SSSR count). The fraction of sp³-hybridized carbons (Fsp3) is 0.294. The molecule has 100 valence electrons. The third kappa shape index (κ3) is 3.59. The summed E-state index contributed by atoms with van der Waals surface area (Å²) >= 11 is 5.93. The normalized spacial score (nSPS) is 14.1. The fourth-order valence-corrected chi connectivity index (χ4v) is 2.64. The van der Waals surface area contributed by atoms with Crippen LogP contribution >= 0.6 is 11.6 Å². The van der Waals surface area contributed by atoms with Gasteiger partial charge in [0.05, 0.1) is 0 Å². The van der Waals surface area contributed by atoms with Crippen molar-refractivity contribution in [2.24, 2.45) is 5.73 Å². The van der Waals surface area contributed by atoms with E-state index in [4.69, 9.17) is 17.3 Å². The van der Waals surface area contributed by atoms with Gasteiger partial charge in [-0.15, -0.1) is 0 Å². The van der Waals surface area contributed by atoms with Gasteiger partial charge in [0.15, 0.2) is 0 Å². The Bertz CT molecular complexity index is 507. The van der Waals surface area contributed by atoms with Gasteiger partial charge in [-0.2, -0.15) is 0 Å². The third-order valence-electron chi connectivity index (χ3n) is 3.48. The Labute approximate surface area is 120 Å². The predicted molar refractivity (Wildman–Crippen MR) is 82.4 cm³/mol. The summed E-state index contributed by atoms with van der Waals surface area (Å²) < 4.78 is 0. The number of benzene rings is 2. The van der Waals surface area contributed by atoms with Crippen LogP contribution in [0.1, 0.15) is 30.9 Å². The highest BCUT2D eigenvalue weighted by Crippen LogP contribution is 2.28. The number of nitrogens with two attached hydrogens (primary N) is 1. The van der Waals surface area contributed by atoms with Crippen LogP contribution in [0.5, 0.6) is 0 Å². The molecule has 1 nitrogen and oxygen atoms in total. The SMILES string of the molecule is CCCC(N)(Cc1ccc(Cl)cc1)c1ccccc1. The van der Waals surface area contributed by atoms with Crippen LogP contribution in [-0.4, -0.2) is 0 Å². The zero-order chi connectivity index (χ0) is 13.7. The van der Waals surface area contributed by atoms with Crippen molar-refractivity contribution in [1.29, 1.82) is 0 Å². The highest BCUT2D eigenvalue weighted by molar-refractivity contribution is 6.30. The summed E-state index contributed by atoms with van der Waals surface area (Å²) in [6, 6.07) is 18.3. The summed E-state index contributed by atoms with van der Waals surface area (Å²) in [6.45, 7) is 2.17.